The van der Waals surface area contributed by atoms with Crippen LogP contribution in [0.2, 0.25) is 0 Å². The molecule has 0 aromatic rings. The van der Waals surface area contributed by atoms with Gasteiger partial charge in [-0.3, -0.25) is 9.59 Å². The Labute approximate surface area is 90.8 Å². The Hall–Kier alpha value is -1.22. The Morgan fingerprint density at radius 2 is 1.27 bits per heavy atom. The van der Waals surface area contributed by atoms with Crippen molar-refractivity contribution in [3.05, 3.63) is 24.3 Å². The molecule has 0 radical (unpaired) electrons. The topological polar surface area (TPSA) is 43.4 Å². The third kappa shape index (κ3) is 9.09. The molecule has 0 heterocycles. The lowest BCUT2D eigenvalue weighted by atomic mass is 10.2. The summed E-state index contributed by atoms with van der Waals surface area (Å²) in [5.74, 6) is -0.101. The Morgan fingerprint density at radius 3 is 1.53 bits per heavy atom. The molecule has 0 aliphatic rings. The lowest BCUT2D eigenvalue weighted by molar-refractivity contribution is -0.127. The zero-order valence-electron chi connectivity index (χ0n) is 9.47. The van der Waals surface area contributed by atoms with Gasteiger partial charge in [-0.1, -0.05) is 24.3 Å². The van der Waals surface area contributed by atoms with E-state index in [0.717, 1.165) is 11.1 Å². The van der Waals surface area contributed by atoms with Crippen molar-refractivity contribution in [3.63, 3.8) is 0 Å². The van der Waals surface area contributed by atoms with Gasteiger partial charge in [-0.15, -0.1) is 0 Å². The summed E-state index contributed by atoms with van der Waals surface area (Å²) in [5.41, 5.74) is 1.61. The fourth-order valence-electron chi connectivity index (χ4n) is 1.05. The van der Waals surface area contributed by atoms with E-state index in [4.69, 9.17) is 4.74 Å². The molecule has 0 aliphatic heterocycles. The number of carbonyl (C=O) groups is 2. The molecule has 0 N–H and O–H groups in total. The highest BCUT2D eigenvalue weighted by atomic mass is 16.5. The molecule has 0 amide bonds. The first-order chi connectivity index (χ1) is 6.91. The van der Waals surface area contributed by atoms with E-state index >= 15 is 0 Å². The van der Waals surface area contributed by atoms with Crippen LogP contribution in [0.3, 0.4) is 0 Å². The molecule has 0 rings (SSSR count). The predicted molar refractivity (Wildman–Crippen MR) is 59.7 cm³/mol. The quantitative estimate of drug-likeness (QED) is 0.576. The van der Waals surface area contributed by atoms with Crippen LogP contribution in [0.4, 0.5) is 0 Å². The molecule has 0 aliphatic carbocycles. The SMILES string of the molecule is C=C(C)CC(=O)COCC(=O)CC(=C)C. The lowest BCUT2D eigenvalue weighted by Gasteiger charge is -2.03. The maximum atomic E-state index is 11.1. The van der Waals surface area contributed by atoms with E-state index in [1.54, 1.807) is 13.8 Å². The van der Waals surface area contributed by atoms with Crippen LogP contribution in [0.15, 0.2) is 24.3 Å². The average molecular weight is 210 g/mol. The first-order valence-electron chi connectivity index (χ1n) is 4.81. The molecular weight excluding hydrogens is 192 g/mol. The maximum Gasteiger partial charge on any atom is 0.162 e. The van der Waals surface area contributed by atoms with Gasteiger partial charge in [0.25, 0.3) is 0 Å². The van der Waals surface area contributed by atoms with E-state index in [0.29, 0.717) is 12.8 Å². The third-order valence-electron chi connectivity index (χ3n) is 1.52. The van der Waals surface area contributed by atoms with Crippen LogP contribution in [0.1, 0.15) is 26.7 Å². The number of carbonyl (C=O) groups excluding carboxylic acids is 2. The summed E-state index contributed by atoms with van der Waals surface area (Å²) in [5, 5.41) is 0. The summed E-state index contributed by atoms with van der Waals surface area (Å²) in [6.45, 7) is 10.8. The highest BCUT2D eigenvalue weighted by Gasteiger charge is 2.05. The van der Waals surface area contributed by atoms with Gasteiger partial charge >= 0.3 is 0 Å². The summed E-state index contributed by atoms with van der Waals surface area (Å²) in [4.78, 5) is 22.3. The van der Waals surface area contributed by atoms with Crippen molar-refractivity contribution in [2.45, 2.75) is 26.7 Å². The second-order valence-corrected chi connectivity index (χ2v) is 3.84. The third-order valence-corrected chi connectivity index (χ3v) is 1.52. The first kappa shape index (κ1) is 13.8. The van der Waals surface area contributed by atoms with Crippen molar-refractivity contribution in [2.24, 2.45) is 0 Å². The minimum Gasteiger partial charge on any atom is -0.366 e. The molecule has 0 fully saturated rings. The van der Waals surface area contributed by atoms with E-state index < -0.39 is 0 Å². The van der Waals surface area contributed by atoms with Gasteiger partial charge in [-0.25, -0.2) is 0 Å². The number of ketones is 2. The van der Waals surface area contributed by atoms with Gasteiger partial charge in [0.05, 0.1) is 0 Å². The normalized spacial score (nSPS) is 9.73. The van der Waals surface area contributed by atoms with Gasteiger partial charge in [0.2, 0.25) is 0 Å². The monoisotopic (exact) mass is 210 g/mol. The number of rotatable bonds is 8. The van der Waals surface area contributed by atoms with Gasteiger partial charge in [0, 0.05) is 12.8 Å². The molecule has 0 bridgehead atoms. The minimum absolute atomic E-state index is 0.0191. The van der Waals surface area contributed by atoms with Crippen LogP contribution in [0.25, 0.3) is 0 Å². The van der Waals surface area contributed by atoms with E-state index in [1.165, 1.54) is 0 Å². The van der Waals surface area contributed by atoms with Crippen LogP contribution in [-0.2, 0) is 14.3 Å². The van der Waals surface area contributed by atoms with Gasteiger partial charge < -0.3 is 4.74 Å². The lowest BCUT2D eigenvalue weighted by Crippen LogP contribution is -2.14. The van der Waals surface area contributed by atoms with Gasteiger partial charge in [0.15, 0.2) is 11.6 Å². The number of Topliss-reactive ketones (excluding diaryl/α,β-unsaturated/α-hetero) is 2. The van der Waals surface area contributed by atoms with E-state index in [9.17, 15) is 9.59 Å². The molecule has 0 aromatic heterocycles. The zero-order valence-corrected chi connectivity index (χ0v) is 9.47. The summed E-state index contributed by atoms with van der Waals surface area (Å²) in [6.07, 6.45) is 0.628. The summed E-state index contributed by atoms with van der Waals surface area (Å²) >= 11 is 0. The van der Waals surface area contributed by atoms with Crippen LogP contribution < -0.4 is 0 Å². The van der Waals surface area contributed by atoms with Crippen molar-refractivity contribution in [2.75, 3.05) is 13.2 Å². The van der Waals surface area contributed by atoms with Crippen LogP contribution in [0, 0.1) is 0 Å². The molecule has 0 saturated heterocycles. The second-order valence-electron chi connectivity index (χ2n) is 3.84. The van der Waals surface area contributed by atoms with E-state index in [-0.39, 0.29) is 24.8 Å². The Morgan fingerprint density at radius 1 is 0.933 bits per heavy atom. The minimum atomic E-state index is -0.0503. The molecule has 0 atom stereocenters. The molecule has 0 aromatic carbocycles. The van der Waals surface area contributed by atoms with Gasteiger partial charge in [0.1, 0.15) is 13.2 Å². The number of hydrogen-bond donors (Lipinski definition) is 0. The average Bonchev–Trinajstić information content (AvgIpc) is 2.00. The van der Waals surface area contributed by atoms with Crippen molar-refractivity contribution < 1.29 is 14.3 Å². The first-order valence-corrected chi connectivity index (χ1v) is 4.81. The molecule has 3 nitrogen and oxygen atoms in total. The molecule has 15 heavy (non-hydrogen) atoms. The Kier molecular flexibility index (Phi) is 6.54. The highest BCUT2D eigenvalue weighted by molar-refractivity contribution is 5.84. The Balaban J connectivity index is 3.61. The molecule has 0 unspecified atom stereocenters. The van der Waals surface area contributed by atoms with E-state index in [1.807, 2.05) is 0 Å². The van der Waals surface area contributed by atoms with Crippen LogP contribution >= 0.6 is 0 Å². The second kappa shape index (κ2) is 7.12. The summed E-state index contributed by atoms with van der Waals surface area (Å²) < 4.78 is 4.98. The largest absolute Gasteiger partial charge is 0.366 e. The Bertz CT molecular complexity index is 249. The smallest absolute Gasteiger partial charge is 0.162 e. The van der Waals surface area contributed by atoms with Crippen molar-refractivity contribution >= 4 is 11.6 Å². The molecule has 0 saturated carbocycles. The van der Waals surface area contributed by atoms with Gasteiger partial charge in [-0.2, -0.15) is 0 Å². The van der Waals surface area contributed by atoms with Crippen molar-refractivity contribution in [3.8, 4) is 0 Å². The van der Waals surface area contributed by atoms with Crippen molar-refractivity contribution in [1.29, 1.82) is 0 Å². The fourth-order valence-corrected chi connectivity index (χ4v) is 1.05. The standard InChI is InChI=1S/C12H18O3/c1-9(2)5-11(13)7-15-8-12(14)6-10(3)4/h1,3,5-8H2,2,4H3. The number of hydrogen-bond acceptors (Lipinski definition) is 3. The molecule has 3 heteroatoms. The van der Waals surface area contributed by atoms with Crippen LogP contribution in [0.5, 0.6) is 0 Å². The van der Waals surface area contributed by atoms with Crippen LogP contribution in [-0.4, -0.2) is 24.8 Å². The zero-order chi connectivity index (χ0) is 11.8. The molecular formula is C12H18O3. The van der Waals surface area contributed by atoms with Crippen molar-refractivity contribution in [1.82, 2.24) is 0 Å². The van der Waals surface area contributed by atoms with Gasteiger partial charge in [-0.05, 0) is 13.8 Å². The predicted octanol–water partition coefficient (Wildman–Crippen LogP) is 2.07. The summed E-state index contributed by atoms with van der Waals surface area (Å²) in [7, 11) is 0. The molecule has 84 valence electrons. The highest BCUT2D eigenvalue weighted by Crippen LogP contribution is 1.99. The fraction of sp³-hybridized carbons (Fsp3) is 0.500. The molecule has 0 spiro atoms. The van der Waals surface area contributed by atoms with E-state index in [2.05, 4.69) is 13.2 Å². The number of allylic oxidation sites excluding steroid dienone is 2. The summed E-state index contributed by atoms with van der Waals surface area (Å²) in [6, 6.07) is 0. The number of ether oxygens (including phenoxy) is 1. The maximum absolute atomic E-state index is 11.1.